The third-order valence-electron chi connectivity index (χ3n) is 2.21. The first-order valence-corrected chi connectivity index (χ1v) is 4.82. The smallest absolute Gasteiger partial charge is 0.0502 e. The maximum atomic E-state index is 5.05. The molecule has 0 saturated heterocycles. The van der Waals surface area contributed by atoms with Crippen LogP contribution in [0, 0.1) is 0 Å². The maximum absolute atomic E-state index is 5.05. The van der Waals surface area contributed by atoms with E-state index in [1.165, 1.54) is 11.1 Å². The normalized spacial score (nSPS) is 10.8. The number of benzene rings is 1. The second kappa shape index (κ2) is 5.03. The molecule has 72 valence electrons. The predicted molar refractivity (Wildman–Crippen MR) is 56.1 cm³/mol. The summed E-state index contributed by atoms with van der Waals surface area (Å²) in [5.41, 5.74) is 2.78. The van der Waals surface area contributed by atoms with Crippen LogP contribution in [0.15, 0.2) is 24.3 Å². The van der Waals surface area contributed by atoms with E-state index < -0.39 is 0 Å². The first-order valence-electron chi connectivity index (χ1n) is 4.82. The fraction of sp³-hybridized carbons (Fsp3) is 0.500. The highest BCUT2D eigenvalue weighted by Crippen LogP contribution is 2.15. The van der Waals surface area contributed by atoms with Gasteiger partial charge in [0.25, 0.3) is 0 Å². The number of methoxy groups -OCH3 is 1. The lowest BCUT2D eigenvalue weighted by molar-refractivity contribution is 0.202. The molecule has 0 bridgehead atoms. The second-order valence-corrected chi connectivity index (χ2v) is 3.64. The molecule has 0 fully saturated rings. The molecule has 0 aliphatic carbocycles. The summed E-state index contributed by atoms with van der Waals surface area (Å²) in [6.45, 7) is 5.24. The third-order valence-corrected chi connectivity index (χ3v) is 2.21. The van der Waals surface area contributed by atoms with E-state index in [0.717, 1.165) is 13.0 Å². The van der Waals surface area contributed by atoms with E-state index in [0.29, 0.717) is 5.92 Å². The average Bonchev–Trinajstić information content (AvgIpc) is 2.15. The molecule has 0 N–H and O–H groups in total. The summed E-state index contributed by atoms with van der Waals surface area (Å²) >= 11 is 0. The van der Waals surface area contributed by atoms with Crippen LogP contribution >= 0.6 is 0 Å². The Morgan fingerprint density at radius 2 is 2.08 bits per heavy atom. The Balaban J connectivity index is 2.68. The molecular weight excluding hydrogens is 160 g/mol. The molecule has 1 aromatic carbocycles. The molecule has 0 saturated carbocycles. The van der Waals surface area contributed by atoms with Gasteiger partial charge >= 0.3 is 0 Å². The van der Waals surface area contributed by atoms with Crippen LogP contribution in [0.25, 0.3) is 0 Å². The van der Waals surface area contributed by atoms with E-state index in [1.807, 2.05) is 0 Å². The van der Waals surface area contributed by atoms with Crippen LogP contribution in [-0.4, -0.2) is 13.7 Å². The molecule has 0 aromatic heterocycles. The van der Waals surface area contributed by atoms with Gasteiger partial charge in [-0.15, -0.1) is 0 Å². The summed E-state index contributed by atoms with van der Waals surface area (Å²) in [5, 5.41) is 0. The molecule has 0 aliphatic heterocycles. The number of hydrogen-bond acceptors (Lipinski definition) is 1. The van der Waals surface area contributed by atoms with Crippen molar-refractivity contribution in [2.75, 3.05) is 13.7 Å². The molecule has 13 heavy (non-hydrogen) atoms. The fourth-order valence-electron chi connectivity index (χ4n) is 1.33. The minimum absolute atomic E-state index is 0.613. The van der Waals surface area contributed by atoms with Gasteiger partial charge in [0.1, 0.15) is 0 Å². The zero-order chi connectivity index (χ0) is 9.68. The lowest BCUT2D eigenvalue weighted by atomic mass is 10.00. The Bertz CT molecular complexity index is 253. The van der Waals surface area contributed by atoms with Crippen molar-refractivity contribution < 1.29 is 4.74 Å². The van der Waals surface area contributed by atoms with Crippen LogP contribution in [0.2, 0.25) is 0 Å². The average molecular weight is 178 g/mol. The molecule has 0 amide bonds. The van der Waals surface area contributed by atoms with Crippen molar-refractivity contribution in [3.05, 3.63) is 35.4 Å². The highest BCUT2D eigenvalue weighted by atomic mass is 16.5. The largest absolute Gasteiger partial charge is 0.384 e. The van der Waals surface area contributed by atoms with Gasteiger partial charge in [-0.2, -0.15) is 0 Å². The summed E-state index contributed by atoms with van der Waals surface area (Å²) < 4.78 is 5.05. The van der Waals surface area contributed by atoms with Gasteiger partial charge in [-0.1, -0.05) is 38.1 Å². The zero-order valence-corrected chi connectivity index (χ0v) is 8.71. The van der Waals surface area contributed by atoms with Crippen molar-refractivity contribution in [3.8, 4) is 0 Å². The topological polar surface area (TPSA) is 9.23 Å². The number of hydrogen-bond donors (Lipinski definition) is 0. The molecular formula is C12H18O. The summed E-state index contributed by atoms with van der Waals surface area (Å²) in [4.78, 5) is 0. The lowest BCUT2D eigenvalue weighted by Crippen LogP contribution is -1.96. The Morgan fingerprint density at radius 3 is 2.69 bits per heavy atom. The van der Waals surface area contributed by atoms with Gasteiger partial charge in [0.05, 0.1) is 6.61 Å². The molecule has 0 spiro atoms. The van der Waals surface area contributed by atoms with Gasteiger partial charge in [0, 0.05) is 7.11 Å². The van der Waals surface area contributed by atoms with Gasteiger partial charge in [0.2, 0.25) is 0 Å². The molecule has 1 aromatic rings. The molecule has 1 heteroatoms. The Labute approximate surface area is 80.7 Å². The van der Waals surface area contributed by atoms with Gasteiger partial charge in [-0.25, -0.2) is 0 Å². The molecule has 1 nitrogen and oxygen atoms in total. The highest BCUT2D eigenvalue weighted by molar-refractivity contribution is 5.25. The Hall–Kier alpha value is -0.820. The van der Waals surface area contributed by atoms with Crippen LogP contribution in [0.4, 0.5) is 0 Å². The lowest BCUT2D eigenvalue weighted by Gasteiger charge is -2.07. The fourth-order valence-corrected chi connectivity index (χ4v) is 1.33. The van der Waals surface area contributed by atoms with Gasteiger partial charge in [-0.05, 0) is 23.5 Å². The van der Waals surface area contributed by atoms with E-state index in [2.05, 4.69) is 38.1 Å². The quantitative estimate of drug-likeness (QED) is 0.688. The Kier molecular flexibility index (Phi) is 3.97. The first kappa shape index (κ1) is 10.3. The van der Waals surface area contributed by atoms with Gasteiger partial charge in [0.15, 0.2) is 0 Å². The van der Waals surface area contributed by atoms with E-state index in [9.17, 15) is 0 Å². The monoisotopic (exact) mass is 178 g/mol. The SMILES string of the molecule is COCCc1cccc(C(C)C)c1. The summed E-state index contributed by atoms with van der Waals surface area (Å²) in [7, 11) is 1.74. The number of ether oxygens (including phenoxy) is 1. The van der Waals surface area contributed by atoms with Crippen LogP contribution in [0.5, 0.6) is 0 Å². The summed E-state index contributed by atoms with van der Waals surface area (Å²) in [5.74, 6) is 0.613. The molecule has 0 radical (unpaired) electrons. The second-order valence-electron chi connectivity index (χ2n) is 3.64. The van der Waals surface area contributed by atoms with E-state index >= 15 is 0 Å². The minimum Gasteiger partial charge on any atom is -0.384 e. The summed E-state index contributed by atoms with van der Waals surface area (Å²) in [6, 6.07) is 8.73. The van der Waals surface area contributed by atoms with Crippen LogP contribution < -0.4 is 0 Å². The first-order chi connectivity index (χ1) is 6.24. The van der Waals surface area contributed by atoms with Crippen molar-refractivity contribution in [1.82, 2.24) is 0 Å². The van der Waals surface area contributed by atoms with Crippen molar-refractivity contribution >= 4 is 0 Å². The minimum atomic E-state index is 0.613. The Morgan fingerprint density at radius 1 is 1.31 bits per heavy atom. The highest BCUT2D eigenvalue weighted by Gasteiger charge is 1.99. The van der Waals surface area contributed by atoms with E-state index in [-0.39, 0.29) is 0 Å². The van der Waals surface area contributed by atoms with E-state index in [1.54, 1.807) is 7.11 Å². The molecule has 0 atom stereocenters. The standard InChI is InChI=1S/C12H18O/c1-10(2)12-6-4-5-11(9-12)7-8-13-3/h4-6,9-10H,7-8H2,1-3H3. The molecule has 0 heterocycles. The van der Waals surface area contributed by atoms with Gasteiger partial charge in [-0.3, -0.25) is 0 Å². The molecule has 0 aliphatic rings. The van der Waals surface area contributed by atoms with Crippen LogP contribution in [0.1, 0.15) is 30.9 Å². The molecule has 0 unspecified atom stereocenters. The van der Waals surface area contributed by atoms with Crippen molar-refractivity contribution in [2.24, 2.45) is 0 Å². The van der Waals surface area contributed by atoms with Crippen LogP contribution in [-0.2, 0) is 11.2 Å². The zero-order valence-electron chi connectivity index (χ0n) is 8.71. The van der Waals surface area contributed by atoms with Crippen LogP contribution in [0.3, 0.4) is 0 Å². The van der Waals surface area contributed by atoms with Gasteiger partial charge < -0.3 is 4.74 Å². The summed E-state index contributed by atoms with van der Waals surface area (Å²) in [6.07, 6.45) is 1.01. The predicted octanol–water partition coefficient (Wildman–Crippen LogP) is 3.00. The molecule has 1 rings (SSSR count). The maximum Gasteiger partial charge on any atom is 0.0502 e. The van der Waals surface area contributed by atoms with Crippen molar-refractivity contribution in [2.45, 2.75) is 26.2 Å². The van der Waals surface area contributed by atoms with Crippen molar-refractivity contribution in [3.63, 3.8) is 0 Å². The third kappa shape index (κ3) is 3.19. The van der Waals surface area contributed by atoms with Crippen molar-refractivity contribution in [1.29, 1.82) is 0 Å². The number of rotatable bonds is 4. The van der Waals surface area contributed by atoms with E-state index in [4.69, 9.17) is 4.74 Å².